The first kappa shape index (κ1) is 9.85. The first-order valence-electron chi connectivity index (χ1n) is 5.34. The van der Waals surface area contributed by atoms with Gasteiger partial charge in [-0.1, -0.05) is 36.4 Å². The second-order valence-electron chi connectivity index (χ2n) is 3.78. The van der Waals surface area contributed by atoms with Gasteiger partial charge in [-0.25, -0.2) is 4.79 Å². The Kier molecular flexibility index (Phi) is 2.26. The van der Waals surface area contributed by atoms with Crippen molar-refractivity contribution in [2.75, 3.05) is 0 Å². The molecule has 3 rings (SSSR count). The Labute approximate surface area is 98.1 Å². The SMILES string of the molecule is O=c1oc2ccccc2cc1-c1c[c]ccc1. The highest BCUT2D eigenvalue weighted by molar-refractivity contribution is 5.81. The monoisotopic (exact) mass is 221 g/mol. The van der Waals surface area contributed by atoms with Crippen molar-refractivity contribution in [2.24, 2.45) is 0 Å². The van der Waals surface area contributed by atoms with E-state index in [1.54, 1.807) is 18.2 Å². The number of benzene rings is 2. The third kappa shape index (κ3) is 1.74. The molecule has 0 unspecified atom stereocenters. The summed E-state index contributed by atoms with van der Waals surface area (Å²) in [7, 11) is 0. The van der Waals surface area contributed by atoms with Crippen molar-refractivity contribution in [1.29, 1.82) is 0 Å². The van der Waals surface area contributed by atoms with E-state index in [9.17, 15) is 4.79 Å². The second kappa shape index (κ2) is 3.91. The summed E-state index contributed by atoms with van der Waals surface area (Å²) in [6, 6.07) is 19.6. The van der Waals surface area contributed by atoms with Crippen molar-refractivity contribution in [3.05, 3.63) is 71.1 Å². The molecule has 0 saturated heterocycles. The average Bonchev–Trinajstić information content (AvgIpc) is 2.39. The van der Waals surface area contributed by atoms with Crippen molar-refractivity contribution < 1.29 is 4.42 Å². The molecule has 0 fully saturated rings. The summed E-state index contributed by atoms with van der Waals surface area (Å²) in [5.41, 5.74) is 1.69. The van der Waals surface area contributed by atoms with Gasteiger partial charge in [0.1, 0.15) is 5.58 Å². The minimum absolute atomic E-state index is 0.316. The van der Waals surface area contributed by atoms with Crippen molar-refractivity contribution in [3.63, 3.8) is 0 Å². The van der Waals surface area contributed by atoms with Crippen LogP contribution in [-0.2, 0) is 0 Å². The lowest BCUT2D eigenvalue weighted by atomic mass is 10.1. The van der Waals surface area contributed by atoms with Gasteiger partial charge in [0.2, 0.25) is 0 Å². The molecule has 0 aliphatic carbocycles. The lowest BCUT2D eigenvalue weighted by molar-refractivity contribution is 0.563. The van der Waals surface area contributed by atoms with E-state index in [0.29, 0.717) is 11.1 Å². The van der Waals surface area contributed by atoms with Gasteiger partial charge in [-0.15, -0.1) is 0 Å². The molecule has 0 N–H and O–H groups in total. The Morgan fingerprint density at radius 2 is 1.94 bits per heavy atom. The van der Waals surface area contributed by atoms with E-state index in [1.165, 1.54) is 0 Å². The van der Waals surface area contributed by atoms with E-state index in [-0.39, 0.29) is 5.63 Å². The Balaban J connectivity index is 2.31. The maximum atomic E-state index is 11.9. The largest absolute Gasteiger partial charge is 0.422 e. The number of fused-ring (bicyclic) bond motifs is 1. The van der Waals surface area contributed by atoms with Gasteiger partial charge in [0, 0.05) is 5.39 Å². The minimum atomic E-state index is -0.316. The summed E-state index contributed by atoms with van der Waals surface area (Å²) in [6.45, 7) is 0. The van der Waals surface area contributed by atoms with Crippen LogP contribution in [0.3, 0.4) is 0 Å². The van der Waals surface area contributed by atoms with Gasteiger partial charge in [-0.05, 0) is 29.8 Å². The Hall–Kier alpha value is -2.35. The molecule has 2 aromatic carbocycles. The van der Waals surface area contributed by atoms with Crippen LogP contribution in [0.5, 0.6) is 0 Å². The molecule has 17 heavy (non-hydrogen) atoms. The van der Waals surface area contributed by atoms with E-state index >= 15 is 0 Å². The zero-order valence-corrected chi connectivity index (χ0v) is 9.01. The lowest BCUT2D eigenvalue weighted by Crippen LogP contribution is -2.02. The smallest absolute Gasteiger partial charge is 0.344 e. The molecule has 0 bridgehead atoms. The molecule has 0 saturated carbocycles. The summed E-state index contributed by atoms with van der Waals surface area (Å²) >= 11 is 0. The minimum Gasteiger partial charge on any atom is -0.422 e. The Morgan fingerprint density at radius 1 is 1.06 bits per heavy atom. The average molecular weight is 221 g/mol. The molecular formula is C15H9O2. The van der Waals surface area contributed by atoms with Crippen LogP contribution < -0.4 is 5.63 Å². The van der Waals surface area contributed by atoms with E-state index in [2.05, 4.69) is 6.07 Å². The van der Waals surface area contributed by atoms with Gasteiger partial charge in [0.05, 0.1) is 5.56 Å². The van der Waals surface area contributed by atoms with E-state index in [0.717, 1.165) is 10.9 Å². The summed E-state index contributed by atoms with van der Waals surface area (Å²) in [6.07, 6.45) is 0. The fourth-order valence-electron chi connectivity index (χ4n) is 1.82. The lowest BCUT2D eigenvalue weighted by Gasteiger charge is -2.01. The van der Waals surface area contributed by atoms with Gasteiger partial charge in [0.25, 0.3) is 0 Å². The second-order valence-corrected chi connectivity index (χ2v) is 3.78. The molecule has 0 atom stereocenters. The zero-order valence-electron chi connectivity index (χ0n) is 9.01. The quantitative estimate of drug-likeness (QED) is 0.590. The molecule has 0 aliphatic heterocycles. The van der Waals surface area contributed by atoms with Gasteiger partial charge in [0.15, 0.2) is 0 Å². The molecule has 1 radical (unpaired) electrons. The molecule has 0 spiro atoms. The van der Waals surface area contributed by atoms with Crippen molar-refractivity contribution in [3.8, 4) is 11.1 Å². The fraction of sp³-hybridized carbons (Fsp3) is 0. The van der Waals surface area contributed by atoms with Crippen LogP contribution in [0.1, 0.15) is 0 Å². The van der Waals surface area contributed by atoms with Crippen LogP contribution in [0.4, 0.5) is 0 Å². The summed E-state index contributed by atoms with van der Waals surface area (Å²) < 4.78 is 5.28. The number of para-hydroxylation sites is 1. The van der Waals surface area contributed by atoms with Crippen LogP contribution in [0.15, 0.2) is 63.8 Å². The molecule has 3 aromatic rings. The molecule has 0 amide bonds. The third-order valence-electron chi connectivity index (χ3n) is 2.66. The van der Waals surface area contributed by atoms with Crippen LogP contribution >= 0.6 is 0 Å². The van der Waals surface area contributed by atoms with Crippen molar-refractivity contribution in [1.82, 2.24) is 0 Å². The third-order valence-corrected chi connectivity index (χ3v) is 2.66. The highest BCUT2D eigenvalue weighted by Gasteiger charge is 2.06. The summed E-state index contributed by atoms with van der Waals surface area (Å²) in [4.78, 5) is 11.9. The van der Waals surface area contributed by atoms with Crippen LogP contribution in [-0.4, -0.2) is 0 Å². The maximum Gasteiger partial charge on any atom is 0.344 e. The standard InChI is InChI=1S/C15H9O2/c16-15-13(11-6-2-1-3-7-11)10-12-8-4-5-9-14(12)17-15/h1-2,4-10H. The summed E-state index contributed by atoms with van der Waals surface area (Å²) in [5.74, 6) is 0. The molecular weight excluding hydrogens is 212 g/mol. The molecule has 2 heteroatoms. The van der Waals surface area contributed by atoms with E-state index in [1.807, 2.05) is 36.4 Å². The number of hydrogen-bond acceptors (Lipinski definition) is 2. The van der Waals surface area contributed by atoms with Crippen molar-refractivity contribution >= 4 is 11.0 Å². The topological polar surface area (TPSA) is 30.2 Å². The molecule has 1 aromatic heterocycles. The van der Waals surface area contributed by atoms with Crippen molar-refractivity contribution in [2.45, 2.75) is 0 Å². The van der Waals surface area contributed by atoms with Crippen LogP contribution in [0, 0.1) is 6.07 Å². The molecule has 0 aliphatic rings. The maximum absolute atomic E-state index is 11.9. The van der Waals surface area contributed by atoms with Gasteiger partial charge in [-0.3, -0.25) is 0 Å². The van der Waals surface area contributed by atoms with E-state index < -0.39 is 0 Å². The zero-order chi connectivity index (χ0) is 11.7. The van der Waals surface area contributed by atoms with Crippen LogP contribution in [0.2, 0.25) is 0 Å². The predicted octanol–water partition coefficient (Wildman–Crippen LogP) is 3.26. The molecule has 1 heterocycles. The van der Waals surface area contributed by atoms with E-state index in [4.69, 9.17) is 4.42 Å². The summed E-state index contributed by atoms with van der Waals surface area (Å²) in [5, 5.41) is 0.922. The molecule has 81 valence electrons. The Bertz CT molecular complexity index is 712. The van der Waals surface area contributed by atoms with Gasteiger partial charge >= 0.3 is 5.63 Å². The van der Waals surface area contributed by atoms with Gasteiger partial charge < -0.3 is 4.42 Å². The highest BCUT2D eigenvalue weighted by atomic mass is 16.4. The van der Waals surface area contributed by atoms with Gasteiger partial charge in [-0.2, -0.15) is 0 Å². The Morgan fingerprint density at radius 3 is 2.76 bits per heavy atom. The fourth-order valence-corrected chi connectivity index (χ4v) is 1.82. The first-order chi connectivity index (χ1) is 8.34. The number of hydrogen-bond donors (Lipinski definition) is 0. The highest BCUT2D eigenvalue weighted by Crippen LogP contribution is 2.20. The predicted molar refractivity (Wildman–Crippen MR) is 66.8 cm³/mol. The van der Waals surface area contributed by atoms with Crippen LogP contribution in [0.25, 0.3) is 22.1 Å². The normalized spacial score (nSPS) is 10.6. The molecule has 2 nitrogen and oxygen atoms in total. The first-order valence-corrected chi connectivity index (χ1v) is 5.34. The number of rotatable bonds is 1.